The first kappa shape index (κ1) is 10.2. The minimum absolute atomic E-state index is 0.125. The van der Waals surface area contributed by atoms with Gasteiger partial charge >= 0.3 is 0 Å². The zero-order valence-electron chi connectivity index (χ0n) is 7.68. The number of hydrogen-bond donors (Lipinski definition) is 2. The van der Waals surface area contributed by atoms with E-state index in [0.717, 1.165) is 5.56 Å². The Balaban J connectivity index is 2.53. The largest absolute Gasteiger partial charge is 0.395 e. The van der Waals surface area contributed by atoms with Crippen molar-refractivity contribution in [3.05, 3.63) is 35.1 Å². The predicted molar refractivity (Wildman–Crippen MR) is 49.9 cm³/mol. The van der Waals surface area contributed by atoms with Crippen molar-refractivity contribution in [2.24, 2.45) is 0 Å². The lowest BCUT2D eigenvalue weighted by Crippen LogP contribution is -2.17. The molecule has 3 heteroatoms. The van der Waals surface area contributed by atoms with Crippen LogP contribution in [-0.4, -0.2) is 18.3 Å². The van der Waals surface area contributed by atoms with Crippen molar-refractivity contribution in [3.63, 3.8) is 0 Å². The molecule has 0 aliphatic carbocycles. The summed E-state index contributed by atoms with van der Waals surface area (Å²) in [5.74, 6) is -0.175. The maximum atomic E-state index is 12.8. The first-order valence-corrected chi connectivity index (χ1v) is 4.30. The zero-order chi connectivity index (χ0) is 9.68. The predicted octanol–water partition coefficient (Wildman–Crippen LogP) is 1.22. The Hall–Kier alpha value is -0.930. The van der Waals surface area contributed by atoms with Crippen molar-refractivity contribution in [1.82, 2.24) is 5.32 Å². The van der Waals surface area contributed by atoms with Crippen molar-refractivity contribution in [3.8, 4) is 0 Å². The van der Waals surface area contributed by atoms with E-state index in [9.17, 15) is 4.39 Å². The van der Waals surface area contributed by atoms with E-state index in [-0.39, 0.29) is 12.4 Å². The summed E-state index contributed by atoms with van der Waals surface area (Å²) in [6.45, 7) is 3.10. The van der Waals surface area contributed by atoms with Gasteiger partial charge in [0, 0.05) is 13.1 Å². The molecule has 0 amide bonds. The van der Waals surface area contributed by atoms with Gasteiger partial charge in [-0.15, -0.1) is 0 Å². The van der Waals surface area contributed by atoms with Crippen LogP contribution >= 0.6 is 0 Å². The van der Waals surface area contributed by atoms with Crippen LogP contribution in [0.5, 0.6) is 0 Å². The maximum absolute atomic E-state index is 12.8. The number of benzene rings is 1. The molecule has 0 bridgehead atoms. The van der Waals surface area contributed by atoms with Crippen LogP contribution in [0.15, 0.2) is 18.2 Å². The van der Waals surface area contributed by atoms with Gasteiger partial charge in [-0.2, -0.15) is 0 Å². The number of hydrogen-bond acceptors (Lipinski definition) is 2. The molecule has 1 rings (SSSR count). The van der Waals surface area contributed by atoms with Gasteiger partial charge in [0.15, 0.2) is 0 Å². The molecule has 2 N–H and O–H groups in total. The van der Waals surface area contributed by atoms with E-state index in [1.807, 2.05) is 0 Å². The number of aliphatic hydroxyl groups excluding tert-OH is 1. The SMILES string of the molecule is Cc1cc(CNCCO)ccc1F. The number of halogens is 1. The van der Waals surface area contributed by atoms with E-state index in [1.165, 1.54) is 6.07 Å². The van der Waals surface area contributed by atoms with Crippen LogP contribution in [0.1, 0.15) is 11.1 Å². The molecule has 0 heterocycles. The molecule has 0 saturated carbocycles. The lowest BCUT2D eigenvalue weighted by molar-refractivity contribution is 0.292. The molecule has 1 aromatic carbocycles. The molecular weight excluding hydrogens is 169 g/mol. The number of rotatable bonds is 4. The van der Waals surface area contributed by atoms with Crippen molar-refractivity contribution in [2.45, 2.75) is 13.5 Å². The van der Waals surface area contributed by atoms with Crippen molar-refractivity contribution >= 4 is 0 Å². The third-order valence-electron chi connectivity index (χ3n) is 1.84. The van der Waals surface area contributed by atoms with Crippen LogP contribution in [0.4, 0.5) is 4.39 Å². The summed E-state index contributed by atoms with van der Waals surface area (Å²) < 4.78 is 12.8. The van der Waals surface area contributed by atoms with Crippen LogP contribution in [0.2, 0.25) is 0 Å². The molecule has 0 spiro atoms. The second-order valence-electron chi connectivity index (χ2n) is 2.98. The smallest absolute Gasteiger partial charge is 0.126 e. The fraction of sp³-hybridized carbons (Fsp3) is 0.400. The van der Waals surface area contributed by atoms with Gasteiger partial charge in [0.2, 0.25) is 0 Å². The normalized spacial score (nSPS) is 10.4. The van der Waals surface area contributed by atoms with E-state index in [4.69, 9.17) is 5.11 Å². The molecule has 2 nitrogen and oxygen atoms in total. The summed E-state index contributed by atoms with van der Waals surface area (Å²) in [5.41, 5.74) is 1.69. The summed E-state index contributed by atoms with van der Waals surface area (Å²) in [6, 6.07) is 5.01. The minimum Gasteiger partial charge on any atom is -0.395 e. The van der Waals surface area contributed by atoms with E-state index in [1.54, 1.807) is 19.1 Å². The summed E-state index contributed by atoms with van der Waals surface area (Å²) in [4.78, 5) is 0. The highest BCUT2D eigenvalue weighted by Gasteiger charge is 1.97. The number of nitrogens with one attached hydrogen (secondary N) is 1. The van der Waals surface area contributed by atoms with Crippen LogP contribution in [0.25, 0.3) is 0 Å². The topological polar surface area (TPSA) is 32.3 Å². The standard InChI is InChI=1S/C10H14FNO/c1-8-6-9(2-3-10(8)11)7-12-4-5-13/h2-3,6,12-13H,4-5,7H2,1H3. The highest BCUT2D eigenvalue weighted by molar-refractivity contribution is 5.23. The maximum Gasteiger partial charge on any atom is 0.126 e. The van der Waals surface area contributed by atoms with Gasteiger partial charge in [0.25, 0.3) is 0 Å². The molecule has 0 atom stereocenters. The Labute approximate surface area is 77.4 Å². The summed E-state index contributed by atoms with van der Waals surface area (Å²) in [5, 5.41) is 11.5. The van der Waals surface area contributed by atoms with Gasteiger partial charge in [-0.1, -0.05) is 12.1 Å². The average Bonchev–Trinajstić information content (AvgIpc) is 2.12. The molecule has 0 aliphatic heterocycles. The van der Waals surface area contributed by atoms with Crippen LogP contribution < -0.4 is 5.32 Å². The monoisotopic (exact) mass is 183 g/mol. The lowest BCUT2D eigenvalue weighted by Gasteiger charge is -2.04. The molecule has 0 aliphatic rings. The Morgan fingerprint density at radius 2 is 2.23 bits per heavy atom. The van der Waals surface area contributed by atoms with Gasteiger partial charge in [-0.3, -0.25) is 0 Å². The number of aliphatic hydroxyl groups is 1. The van der Waals surface area contributed by atoms with Crippen molar-refractivity contribution in [1.29, 1.82) is 0 Å². The van der Waals surface area contributed by atoms with Crippen molar-refractivity contribution in [2.75, 3.05) is 13.2 Å². The molecular formula is C10H14FNO. The first-order valence-electron chi connectivity index (χ1n) is 4.30. The van der Waals surface area contributed by atoms with Crippen LogP contribution in [0, 0.1) is 12.7 Å². The Morgan fingerprint density at radius 1 is 1.46 bits per heavy atom. The molecule has 0 fully saturated rings. The Morgan fingerprint density at radius 3 is 2.85 bits per heavy atom. The number of aryl methyl sites for hydroxylation is 1. The first-order chi connectivity index (χ1) is 6.24. The van der Waals surface area contributed by atoms with Crippen molar-refractivity contribution < 1.29 is 9.50 Å². The molecule has 0 aromatic heterocycles. The van der Waals surface area contributed by atoms with Gasteiger partial charge in [-0.05, 0) is 24.1 Å². The molecule has 0 unspecified atom stereocenters. The zero-order valence-corrected chi connectivity index (χ0v) is 7.68. The second-order valence-corrected chi connectivity index (χ2v) is 2.98. The van der Waals surface area contributed by atoms with Gasteiger partial charge in [0.1, 0.15) is 5.82 Å². The third-order valence-corrected chi connectivity index (χ3v) is 1.84. The van der Waals surface area contributed by atoms with E-state index < -0.39 is 0 Å². The van der Waals surface area contributed by atoms with Crippen LogP contribution in [0.3, 0.4) is 0 Å². The fourth-order valence-corrected chi connectivity index (χ4v) is 1.13. The van der Waals surface area contributed by atoms with Gasteiger partial charge in [-0.25, -0.2) is 4.39 Å². The van der Waals surface area contributed by atoms with Gasteiger partial charge < -0.3 is 10.4 Å². The van der Waals surface area contributed by atoms with Crippen LogP contribution in [-0.2, 0) is 6.54 Å². The average molecular weight is 183 g/mol. The van der Waals surface area contributed by atoms with E-state index in [2.05, 4.69) is 5.32 Å². The fourth-order valence-electron chi connectivity index (χ4n) is 1.13. The summed E-state index contributed by atoms with van der Waals surface area (Å²) in [7, 11) is 0. The molecule has 0 radical (unpaired) electrons. The molecule has 72 valence electrons. The summed E-state index contributed by atoms with van der Waals surface area (Å²) in [6.07, 6.45) is 0. The lowest BCUT2D eigenvalue weighted by atomic mass is 10.1. The minimum atomic E-state index is -0.175. The second kappa shape index (κ2) is 4.94. The summed E-state index contributed by atoms with van der Waals surface area (Å²) >= 11 is 0. The highest BCUT2D eigenvalue weighted by atomic mass is 19.1. The highest BCUT2D eigenvalue weighted by Crippen LogP contribution is 2.08. The quantitative estimate of drug-likeness (QED) is 0.688. The van der Waals surface area contributed by atoms with E-state index >= 15 is 0 Å². The molecule has 0 saturated heterocycles. The molecule has 1 aromatic rings. The Kier molecular flexibility index (Phi) is 3.86. The van der Waals surface area contributed by atoms with Gasteiger partial charge in [0.05, 0.1) is 6.61 Å². The third kappa shape index (κ3) is 3.13. The molecule has 13 heavy (non-hydrogen) atoms. The Bertz CT molecular complexity index is 276. The van der Waals surface area contributed by atoms with E-state index in [0.29, 0.717) is 18.7 Å².